The number of likely N-dealkylation sites (tertiary alicyclic amines) is 1. The molecule has 1 unspecified atom stereocenters. The Kier molecular flexibility index (Phi) is 6.75. The van der Waals surface area contributed by atoms with Gasteiger partial charge < -0.3 is 24.5 Å². The summed E-state index contributed by atoms with van der Waals surface area (Å²) in [7, 11) is 0. The number of fused-ring (bicyclic) bond motifs is 1. The molecule has 2 aromatic rings. The van der Waals surface area contributed by atoms with Gasteiger partial charge in [0, 0.05) is 18.7 Å². The van der Waals surface area contributed by atoms with Gasteiger partial charge in [0.2, 0.25) is 0 Å². The molecule has 0 aliphatic carbocycles. The molecule has 9 heteroatoms. The predicted octanol–water partition coefficient (Wildman–Crippen LogP) is 2.38. The van der Waals surface area contributed by atoms with E-state index in [1.165, 1.54) is 6.39 Å². The van der Waals surface area contributed by atoms with Gasteiger partial charge in [-0.1, -0.05) is 0 Å². The van der Waals surface area contributed by atoms with Gasteiger partial charge in [-0.15, -0.1) is 24.8 Å². The largest absolute Gasteiger partial charge is 0.486 e. The number of amides is 1. The first-order valence-corrected chi connectivity index (χ1v) is 8.09. The minimum absolute atomic E-state index is 0. The molecule has 1 aromatic heterocycles. The molecule has 1 saturated heterocycles. The number of nitrogens with zero attached hydrogens (tertiary/aromatic N) is 2. The highest BCUT2D eigenvalue weighted by molar-refractivity contribution is 5.97. The Labute approximate surface area is 163 Å². The summed E-state index contributed by atoms with van der Waals surface area (Å²) in [6.45, 7) is 3.01. The molecule has 1 fully saturated rings. The fourth-order valence-electron chi connectivity index (χ4n) is 3.15. The zero-order chi connectivity index (χ0) is 16.5. The van der Waals surface area contributed by atoms with Gasteiger partial charge in [0.05, 0.1) is 0 Å². The molecular weight excluding hydrogens is 381 g/mol. The lowest BCUT2D eigenvalue weighted by molar-refractivity contribution is 0.0783. The van der Waals surface area contributed by atoms with Crippen molar-refractivity contribution < 1.29 is 18.7 Å². The van der Waals surface area contributed by atoms with Crippen molar-refractivity contribution >= 4 is 30.7 Å². The minimum Gasteiger partial charge on any atom is -0.486 e. The fraction of sp³-hybridized carbons (Fsp3) is 0.412. The minimum atomic E-state index is -0.121. The highest BCUT2D eigenvalue weighted by atomic mass is 35.5. The second kappa shape index (κ2) is 8.62. The van der Waals surface area contributed by atoms with Crippen LogP contribution in [0.15, 0.2) is 29.0 Å². The number of carbonyl (C=O) groups is 1. The molecule has 26 heavy (non-hydrogen) atoms. The van der Waals surface area contributed by atoms with Crippen molar-refractivity contribution in [3.05, 3.63) is 30.3 Å². The molecule has 0 bridgehead atoms. The van der Waals surface area contributed by atoms with Crippen molar-refractivity contribution in [2.75, 3.05) is 32.8 Å². The molecule has 1 amide bonds. The second-order valence-corrected chi connectivity index (χ2v) is 6.03. The smallest absolute Gasteiger partial charge is 0.276 e. The third-order valence-corrected chi connectivity index (χ3v) is 4.48. The number of rotatable bonds is 3. The van der Waals surface area contributed by atoms with Crippen molar-refractivity contribution in [3.8, 4) is 22.8 Å². The summed E-state index contributed by atoms with van der Waals surface area (Å²) < 4.78 is 16.6. The Hall–Kier alpha value is -1.96. The molecule has 0 saturated carbocycles. The predicted molar refractivity (Wildman–Crippen MR) is 100 cm³/mol. The first-order valence-electron chi connectivity index (χ1n) is 8.09. The lowest BCUT2D eigenvalue weighted by atomic mass is 10.1. The van der Waals surface area contributed by atoms with Crippen LogP contribution in [0, 0.1) is 5.92 Å². The number of hydrogen-bond acceptors (Lipinski definition) is 6. The van der Waals surface area contributed by atoms with Crippen molar-refractivity contribution in [2.45, 2.75) is 6.42 Å². The first-order chi connectivity index (χ1) is 11.8. The van der Waals surface area contributed by atoms with Crippen LogP contribution in [0.3, 0.4) is 0 Å². The molecule has 0 spiro atoms. The van der Waals surface area contributed by atoms with Crippen LogP contribution in [-0.2, 0) is 0 Å². The van der Waals surface area contributed by atoms with Crippen LogP contribution < -0.4 is 15.2 Å². The summed E-state index contributed by atoms with van der Waals surface area (Å²) in [5, 5.41) is 0. The van der Waals surface area contributed by atoms with E-state index in [-0.39, 0.29) is 30.7 Å². The molecule has 3 heterocycles. The Morgan fingerprint density at radius 1 is 1.23 bits per heavy atom. The Bertz CT molecular complexity index is 768. The number of hydrogen-bond donors (Lipinski definition) is 1. The monoisotopic (exact) mass is 401 g/mol. The van der Waals surface area contributed by atoms with Gasteiger partial charge in [0.15, 0.2) is 29.3 Å². The lowest BCUT2D eigenvalue weighted by Crippen LogP contribution is -2.30. The SMILES string of the molecule is Cl.Cl.NCC1CCN(C(=O)c2ncoc2-c2ccc3c(c2)OCCO3)C1. The summed E-state index contributed by atoms with van der Waals surface area (Å²) >= 11 is 0. The van der Waals surface area contributed by atoms with E-state index in [1.807, 2.05) is 18.2 Å². The maximum Gasteiger partial charge on any atom is 0.276 e. The third-order valence-electron chi connectivity index (χ3n) is 4.48. The zero-order valence-electron chi connectivity index (χ0n) is 14.1. The number of ether oxygens (including phenoxy) is 2. The standard InChI is InChI=1S/C17H19N3O4.2ClH/c18-8-11-3-4-20(9-11)17(21)15-16(24-10-19-15)12-1-2-13-14(7-12)23-6-5-22-13;;/h1-2,7,10-11H,3-6,8-9,18H2;2*1H. The first kappa shape index (κ1) is 20.4. The van der Waals surface area contributed by atoms with Gasteiger partial charge in [-0.3, -0.25) is 4.79 Å². The van der Waals surface area contributed by atoms with Crippen LogP contribution >= 0.6 is 24.8 Å². The van der Waals surface area contributed by atoms with Gasteiger partial charge in [-0.25, -0.2) is 4.98 Å². The maximum absolute atomic E-state index is 12.8. The highest BCUT2D eigenvalue weighted by Gasteiger charge is 2.30. The molecule has 1 aromatic carbocycles. The second-order valence-electron chi connectivity index (χ2n) is 6.03. The fourth-order valence-corrected chi connectivity index (χ4v) is 3.15. The highest BCUT2D eigenvalue weighted by Crippen LogP contribution is 2.35. The van der Waals surface area contributed by atoms with Crippen LogP contribution in [0.4, 0.5) is 0 Å². The van der Waals surface area contributed by atoms with Crippen LogP contribution in [0.2, 0.25) is 0 Å². The van der Waals surface area contributed by atoms with E-state index < -0.39 is 0 Å². The van der Waals surface area contributed by atoms with Crippen LogP contribution in [-0.4, -0.2) is 48.6 Å². The van der Waals surface area contributed by atoms with Gasteiger partial charge in [-0.05, 0) is 37.1 Å². The van der Waals surface area contributed by atoms with Crippen molar-refractivity contribution in [1.82, 2.24) is 9.88 Å². The number of nitrogens with two attached hydrogens (primary N) is 1. The van der Waals surface area contributed by atoms with E-state index >= 15 is 0 Å². The number of halogens is 2. The molecule has 2 aliphatic rings. The Balaban J connectivity index is 0.00000121. The van der Waals surface area contributed by atoms with Gasteiger partial charge >= 0.3 is 0 Å². The maximum atomic E-state index is 12.8. The van der Waals surface area contributed by atoms with Crippen molar-refractivity contribution in [3.63, 3.8) is 0 Å². The normalized spacial score (nSPS) is 18.0. The summed E-state index contributed by atoms with van der Waals surface area (Å²) in [5.41, 5.74) is 6.77. The average molecular weight is 402 g/mol. The number of oxazole rings is 1. The van der Waals surface area contributed by atoms with Crippen molar-refractivity contribution in [2.24, 2.45) is 11.7 Å². The average Bonchev–Trinajstić information content (AvgIpc) is 3.30. The van der Waals surface area contributed by atoms with E-state index in [1.54, 1.807) is 4.90 Å². The molecule has 4 rings (SSSR count). The van der Waals surface area contributed by atoms with E-state index in [0.717, 1.165) is 12.0 Å². The topological polar surface area (TPSA) is 90.8 Å². The Morgan fingerprint density at radius 2 is 2.00 bits per heavy atom. The molecule has 2 N–H and O–H groups in total. The molecular formula is C17H21Cl2N3O4. The van der Waals surface area contributed by atoms with E-state index in [2.05, 4.69) is 4.98 Å². The quantitative estimate of drug-likeness (QED) is 0.848. The summed E-state index contributed by atoms with van der Waals surface area (Å²) in [4.78, 5) is 18.7. The molecule has 0 radical (unpaired) electrons. The summed E-state index contributed by atoms with van der Waals surface area (Å²) in [5.74, 6) is 2.04. The number of benzene rings is 1. The van der Waals surface area contributed by atoms with Crippen molar-refractivity contribution in [1.29, 1.82) is 0 Å². The van der Waals surface area contributed by atoms with Gasteiger partial charge in [0.1, 0.15) is 13.2 Å². The molecule has 7 nitrogen and oxygen atoms in total. The lowest BCUT2D eigenvalue weighted by Gasteiger charge is -2.19. The number of aromatic nitrogens is 1. The number of carbonyl (C=O) groups excluding carboxylic acids is 1. The molecule has 142 valence electrons. The van der Waals surface area contributed by atoms with Crippen LogP contribution in [0.5, 0.6) is 11.5 Å². The van der Waals surface area contributed by atoms with E-state index in [4.69, 9.17) is 19.6 Å². The molecule has 1 atom stereocenters. The van der Waals surface area contributed by atoms with Crippen LogP contribution in [0.25, 0.3) is 11.3 Å². The summed E-state index contributed by atoms with van der Waals surface area (Å²) in [6.07, 6.45) is 2.23. The zero-order valence-corrected chi connectivity index (χ0v) is 15.7. The van der Waals surface area contributed by atoms with E-state index in [9.17, 15) is 4.79 Å². The van der Waals surface area contributed by atoms with E-state index in [0.29, 0.717) is 61.7 Å². The Morgan fingerprint density at radius 3 is 2.73 bits per heavy atom. The van der Waals surface area contributed by atoms with Crippen LogP contribution in [0.1, 0.15) is 16.9 Å². The molecule has 2 aliphatic heterocycles. The summed E-state index contributed by atoms with van der Waals surface area (Å²) in [6, 6.07) is 5.48. The van der Waals surface area contributed by atoms with Gasteiger partial charge in [0.25, 0.3) is 5.91 Å². The van der Waals surface area contributed by atoms with Gasteiger partial charge in [-0.2, -0.15) is 0 Å². The third kappa shape index (κ3) is 3.75.